The van der Waals surface area contributed by atoms with Crippen molar-refractivity contribution >= 4 is 6.03 Å². The van der Waals surface area contributed by atoms with E-state index in [0.29, 0.717) is 19.5 Å². The minimum Gasteiger partial charge on any atom is -0.396 e. The minimum atomic E-state index is 0.0550. The number of aryl methyl sites for hydroxylation is 2. The van der Waals surface area contributed by atoms with Gasteiger partial charge >= 0.3 is 6.03 Å². The molecule has 4 nitrogen and oxygen atoms in total. The van der Waals surface area contributed by atoms with Crippen molar-refractivity contribution in [2.45, 2.75) is 26.3 Å². The Morgan fingerprint density at radius 3 is 2.79 bits per heavy atom. The predicted octanol–water partition coefficient (Wildman–Crippen LogP) is 2.09. The monoisotopic (exact) mass is 262 g/mol. The fourth-order valence-corrected chi connectivity index (χ4v) is 2.64. The first-order valence-corrected chi connectivity index (χ1v) is 6.74. The molecule has 104 valence electrons. The van der Waals surface area contributed by atoms with Crippen LogP contribution in [0.25, 0.3) is 0 Å². The van der Waals surface area contributed by atoms with Crippen molar-refractivity contribution in [3.05, 3.63) is 34.9 Å². The summed E-state index contributed by atoms with van der Waals surface area (Å²) >= 11 is 0. The van der Waals surface area contributed by atoms with Crippen LogP contribution in [0.2, 0.25) is 0 Å². The number of carbonyl (C=O) groups excluding carboxylic acids is 1. The summed E-state index contributed by atoms with van der Waals surface area (Å²) in [6.45, 7) is 5.62. The van der Waals surface area contributed by atoms with E-state index in [1.807, 2.05) is 11.9 Å². The van der Waals surface area contributed by atoms with E-state index in [1.54, 1.807) is 4.90 Å². The molecule has 0 spiro atoms. The molecule has 1 fully saturated rings. The number of aliphatic hydroxyl groups is 1. The number of hydrogen-bond donors (Lipinski definition) is 1. The number of hydrogen-bond acceptors (Lipinski definition) is 2. The average Bonchev–Trinajstić information content (AvgIpc) is 2.67. The number of amides is 2. The van der Waals surface area contributed by atoms with E-state index in [1.165, 1.54) is 16.7 Å². The Bertz CT molecular complexity index is 473. The third-order valence-electron chi connectivity index (χ3n) is 3.81. The maximum absolute atomic E-state index is 12.2. The Labute approximate surface area is 114 Å². The van der Waals surface area contributed by atoms with Gasteiger partial charge in [0.25, 0.3) is 0 Å². The first kappa shape index (κ1) is 13.9. The van der Waals surface area contributed by atoms with Gasteiger partial charge in [0.1, 0.15) is 0 Å². The second-order valence-corrected chi connectivity index (χ2v) is 5.29. The quantitative estimate of drug-likeness (QED) is 0.903. The van der Waals surface area contributed by atoms with Gasteiger partial charge in [-0.05, 0) is 31.4 Å². The minimum absolute atomic E-state index is 0.0550. The lowest BCUT2D eigenvalue weighted by Gasteiger charge is -2.20. The predicted molar refractivity (Wildman–Crippen MR) is 75.1 cm³/mol. The van der Waals surface area contributed by atoms with Crippen molar-refractivity contribution in [1.29, 1.82) is 0 Å². The van der Waals surface area contributed by atoms with Crippen molar-refractivity contribution in [2.24, 2.45) is 0 Å². The topological polar surface area (TPSA) is 43.8 Å². The van der Waals surface area contributed by atoms with E-state index in [9.17, 15) is 4.79 Å². The van der Waals surface area contributed by atoms with Crippen LogP contribution in [-0.2, 0) is 0 Å². The lowest BCUT2D eigenvalue weighted by atomic mass is 9.99. The van der Waals surface area contributed by atoms with Crippen LogP contribution in [0.1, 0.15) is 29.2 Å². The second kappa shape index (κ2) is 5.61. The van der Waals surface area contributed by atoms with E-state index in [-0.39, 0.29) is 18.7 Å². The highest BCUT2D eigenvalue weighted by atomic mass is 16.3. The number of rotatable bonds is 4. The van der Waals surface area contributed by atoms with E-state index in [0.717, 1.165) is 0 Å². The van der Waals surface area contributed by atoms with Crippen LogP contribution in [0, 0.1) is 13.8 Å². The van der Waals surface area contributed by atoms with Crippen molar-refractivity contribution < 1.29 is 9.90 Å². The number of benzene rings is 1. The molecule has 0 aliphatic carbocycles. The Balaban J connectivity index is 2.21. The van der Waals surface area contributed by atoms with Crippen molar-refractivity contribution in [3.63, 3.8) is 0 Å². The van der Waals surface area contributed by atoms with Gasteiger partial charge < -0.3 is 14.9 Å². The van der Waals surface area contributed by atoms with E-state index in [4.69, 9.17) is 5.11 Å². The molecular weight excluding hydrogens is 240 g/mol. The summed E-state index contributed by atoms with van der Waals surface area (Å²) in [5, 5.41) is 8.89. The van der Waals surface area contributed by atoms with Crippen LogP contribution in [0.15, 0.2) is 18.2 Å². The summed E-state index contributed by atoms with van der Waals surface area (Å²) in [4.78, 5) is 15.8. The molecule has 1 aliphatic heterocycles. The molecule has 0 radical (unpaired) electrons. The maximum atomic E-state index is 12.2. The Morgan fingerprint density at radius 2 is 2.11 bits per heavy atom. The van der Waals surface area contributed by atoms with Gasteiger partial charge in [0, 0.05) is 26.7 Å². The smallest absolute Gasteiger partial charge is 0.320 e. The fraction of sp³-hybridized carbons (Fsp3) is 0.533. The molecule has 1 atom stereocenters. The van der Waals surface area contributed by atoms with Gasteiger partial charge in [-0.25, -0.2) is 4.79 Å². The van der Waals surface area contributed by atoms with Crippen molar-refractivity contribution in [3.8, 4) is 0 Å². The molecule has 1 saturated heterocycles. The highest BCUT2D eigenvalue weighted by Crippen LogP contribution is 2.30. The van der Waals surface area contributed by atoms with Crippen LogP contribution in [0.3, 0.4) is 0 Å². The Hall–Kier alpha value is -1.55. The molecule has 0 bridgehead atoms. The van der Waals surface area contributed by atoms with Gasteiger partial charge in [-0.1, -0.05) is 23.8 Å². The molecule has 1 aromatic rings. The third-order valence-corrected chi connectivity index (χ3v) is 3.81. The molecule has 1 unspecified atom stereocenters. The highest BCUT2D eigenvalue weighted by Gasteiger charge is 2.35. The van der Waals surface area contributed by atoms with Crippen LogP contribution in [0.4, 0.5) is 4.79 Å². The standard InChI is InChI=1S/C15H22N2O2/c1-11-5-6-12(2)13(9-11)14-10-17(7-4-8-18)15(19)16(14)3/h5-6,9,14,18H,4,7-8,10H2,1-3H3. The zero-order valence-corrected chi connectivity index (χ0v) is 11.9. The lowest BCUT2D eigenvalue weighted by molar-refractivity contribution is 0.191. The normalized spacial score (nSPS) is 19.4. The van der Waals surface area contributed by atoms with Gasteiger partial charge in [0.05, 0.1) is 6.04 Å². The van der Waals surface area contributed by atoms with Gasteiger partial charge in [-0.3, -0.25) is 0 Å². The Morgan fingerprint density at radius 1 is 1.37 bits per heavy atom. The van der Waals surface area contributed by atoms with Gasteiger partial charge in [-0.15, -0.1) is 0 Å². The molecule has 0 aromatic heterocycles. The molecule has 1 N–H and O–H groups in total. The Kier molecular flexibility index (Phi) is 4.10. The first-order valence-electron chi connectivity index (χ1n) is 6.74. The third kappa shape index (κ3) is 2.73. The zero-order valence-electron chi connectivity index (χ0n) is 11.9. The van der Waals surface area contributed by atoms with Gasteiger partial charge in [-0.2, -0.15) is 0 Å². The average molecular weight is 262 g/mol. The van der Waals surface area contributed by atoms with Gasteiger partial charge in [0.2, 0.25) is 0 Å². The molecule has 2 rings (SSSR count). The summed E-state index contributed by atoms with van der Waals surface area (Å²) < 4.78 is 0. The molecule has 1 aliphatic rings. The molecule has 2 amide bonds. The van der Waals surface area contributed by atoms with E-state index in [2.05, 4.69) is 32.0 Å². The highest BCUT2D eigenvalue weighted by molar-refractivity contribution is 5.77. The number of likely N-dealkylation sites (N-methyl/N-ethyl adjacent to an activating group) is 1. The number of nitrogens with zero attached hydrogens (tertiary/aromatic N) is 2. The molecule has 19 heavy (non-hydrogen) atoms. The maximum Gasteiger partial charge on any atom is 0.320 e. The number of carbonyl (C=O) groups is 1. The molecule has 0 saturated carbocycles. The molecule has 4 heteroatoms. The molecule has 1 aromatic carbocycles. The summed E-state index contributed by atoms with van der Waals surface area (Å²) in [5.74, 6) is 0. The van der Waals surface area contributed by atoms with E-state index >= 15 is 0 Å². The SMILES string of the molecule is Cc1ccc(C)c(C2CN(CCCO)C(=O)N2C)c1. The largest absolute Gasteiger partial charge is 0.396 e. The summed E-state index contributed by atoms with van der Waals surface area (Å²) in [6.07, 6.45) is 0.638. The molecular formula is C15H22N2O2. The van der Waals surface area contributed by atoms with E-state index < -0.39 is 0 Å². The van der Waals surface area contributed by atoms with Gasteiger partial charge in [0.15, 0.2) is 0 Å². The fourth-order valence-electron chi connectivity index (χ4n) is 2.64. The molecule has 1 heterocycles. The van der Waals surface area contributed by atoms with Crippen LogP contribution < -0.4 is 0 Å². The van der Waals surface area contributed by atoms with Crippen molar-refractivity contribution in [1.82, 2.24) is 9.80 Å². The second-order valence-electron chi connectivity index (χ2n) is 5.29. The first-order chi connectivity index (χ1) is 9.04. The van der Waals surface area contributed by atoms with Crippen LogP contribution in [0.5, 0.6) is 0 Å². The number of urea groups is 1. The number of aliphatic hydroxyl groups excluding tert-OH is 1. The van der Waals surface area contributed by atoms with Crippen molar-refractivity contribution in [2.75, 3.05) is 26.7 Å². The summed E-state index contributed by atoms with van der Waals surface area (Å²) in [7, 11) is 1.85. The van der Waals surface area contributed by atoms with Crippen LogP contribution >= 0.6 is 0 Å². The summed E-state index contributed by atoms with van der Waals surface area (Å²) in [5.41, 5.74) is 3.66. The summed E-state index contributed by atoms with van der Waals surface area (Å²) in [6, 6.07) is 6.54. The van der Waals surface area contributed by atoms with Crippen LogP contribution in [-0.4, -0.2) is 47.7 Å². The zero-order chi connectivity index (χ0) is 14.0. The lowest BCUT2D eigenvalue weighted by Crippen LogP contribution is -2.30.